The van der Waals surface area contributed by atoms with Gasteiger partial charge < -0.3 is 15.3 Å². The first kappa shape index (κ1) is 11.5. The van der Waals surface area contributed by atoms with Crippen LogP contribution in [0.3, 0.4) is 0 Å². The summed E-state index contributed by atoms with van der Waals surface area (Å²) in [6.45, 7) is 2.83. The number of hydrogen-bond donors (Lipinski definition) is 4. The molecule has 0 aliphatic carbocycles. The number of carboxylic acid groups (broad SMARTS) is 3. The van der Waals surface area contributed by atoms with E-state index in [9.17, 15) is 14.4 Å². The van der Waals surface area contributed by atoms with Crippen LogP contribution in [0, 0.1) is 0 Å². The van der Waals surface area contributed by atoms with Gasteiger partial charge in [-0.25, -0.2) is 14.4 Å². The maximum atomic E-state index is 10.4. The Morgan fingerprint density at radius 3 is 1.46 bits per heavy atom. The fourth-order valence-electron chi connectivity index (χ4n) is 0.504. The van der Waals surface area contributed by atoms with E-state index in [1.165, 1.54) is 0 Å². The standard InChI is InChI=1S/C6H6O6S/c1-2(3(7)8)6(13,4(9)10)5(11)12/h13H,1H2,(H,7,8)(H,9,10)(H,11,12). The minimum Gasteiger partial charge on any atom is -0.480 e. The molecule has 0 rings (SSSR count). The molecule has 0 aromatic heterocycles. The Morgan fingerprint density at radius 1 is 1.08 bits per heavy atom. The monoisotopic (exact) mass is 206 g/mol. The van der Waals surface area contributed by atoms with Crippen LogP contribution >= 0.6 is 12.6 Å². The van der Waals surface area contributed by atoms with Crippen LogP contribution in [0.25, 0.3) is 0 Å². The summed E-state index contributed by atoms with van der Waals surface area (Å²) >= 11 is 3.26. The first-order valence-corrected chi connectivity index (χ1v) is 3.31. The van der Waals surface area contributed by atoms with Crippen LogP contribution < -0.4 is 0 Å². The van der Waals surface area contributed by atoms with E-state index in [1.54, 1.807) is 0 Å². The van der Waals surface area contributed by atoms with Gasteiger partial charge in [0.25, 0.3) is 0 Å². The van der Waals surface area contributed by atoms with Crippen molar-refractivity contribution in [3.8, 4) is 0 Å². The lowest BCUT2D eigenvalue weighted by Crippen LogP contribution is -2.45. The summed E-state index contributed by atoms with van der Waals surface area (Å²) in [6, 6.07) is 0. The number of thiol groups is 1. The van der Waals surface area contributed by atoms with E-state index in [0.29, 0.717) is 0 Å². The molecule has 0 atom stereocenters. The van der Waals surface area contributed by atoms with E-state index in [4.69, 9.17) is 15.3 Å². The fourth-order valence-corrected chi connectivity index (χ4v) is 0.600. The van der Waals surface area contributed by atoms with Crippen molar-refractivity contribution in [1.82, 2.24) is 0 Å². The van der Waals surface area contributed by atoms with Gasteiger partial charge in [-0.1, -0.05) is 6.58 Å². The highest BCUT2D eigenvalue weighted by Gasteiger charge is 2.48. The molecule has 0 amide bonds. The van der Waals surface area contributed by atoms with Gasteiger partial charge in [-0.3, -0.25) is 0 Å². The fraction of sp³-hybridized carbons (Fsp3) is 0.167. The van der Waals surface area contributed by atoms with Crippen molar-refractivity contribution in [2.45, 2.75) is 4.75 Å². The topological polar surface area (TPSA) is 112 Å². The molecule has 0 aliphatic heterocycles. The highest BCUT2D eigenvalue weighted by atomic mass is 32.1. The Morgan fingerprint density at radius 2 is 1.38 bits per heavy atom. The van der Waals surface area contributed by atoms with E-state index in [2.05, 4.69) is 19.2 Å². The summed E-state index contributed by atoms with van der Waals surface area (Å²) < 4.78 is -2.79. The van der Waals surface area contributed by atoms with Crippen molar-refractivity contribution < 1.29 is 29.7 Å². The highest BCUT2D eigenvalue weighted by Crippen LogP contribution is 2.24. The quantitative estimate of drug-likeness (QED) is 0.279. The number of aliphatic carboxylic acids is 3. The summed E-state index contributed by atoms with van der Waals surface area (Å²) in [5.74, 6) is -5.51. The van der Waals surface area contributed by atoms with E-state index >= 15 is 0 Å². The highest BCUT2D eigenvalue weighted by molar-refractivity contribution is 7.84. The zero-order valence-corrected chi connectivity index (χ0v) is 7.12. The number of carbonyl (C=O) groups is 3. The third kappa shape index (κ3) is 1.81. The van der Waals surface area contributed by atoms with Gasteiger partial charge in [-0.05, 0) is 0 Å². The molecule has 6 nitrogen and oxygen atoms in total. The molecular weight excluding hydrogens is 200 g/mol. The first-order chi connectivity index (χ1) is 5.74. The largest absolute Gasteiger partial charge is 0.480 e. The molecular formula is C6H6O6S. The second kappa shape index (κ2) is 3.48. The molecule has 0 saturated carbocycles. The van der Waals surface area contributed by atoms with Gasteiger partial charge >= 0.3 is 17.9 Å². The van der Waals surface area contributed by atoms with Crippen LogP contribution in [-0.2, 0) is 14.4 Å². The molecule has 0 aromatic rings. The van der Waals surface area contributed by atoms with E-state index < -0.39 is 28.2 Å². The second-order valence-corrected chi connectivity index (χ2v) is 2.78. The molecule has 3 N–H and O–H groups in total. The number of hydrogen-bond acceptors (Lipinski definition) is 4. The minimum atomic E-state index is -2.79. The molecule has 0 radical (unpaired) electrons. The third-order valence-electron chi connectivity index (χ3n) is 1.31. The molecule has 0 spiro atoms. The second-order valence-electron chi connectivity index (χ2n) is 2.10. The van der Waals surface area contributed by atoms with Crippen molar-refractivity contribution in [3.05, 3.63) is 12.2 Å². The lowest BCUT2D eigenvalue weighted by atomic mass is 10.00. The molecule has 13 heavy (non-hydrogen) atoms. The van der Waals surface area contributed by atoms with Crippen molar-refractivity contribution in [3.63, 3.8) is 0 Å². The van der Waals surface area contributed by atoms with Gasteiger partial charge in [0.15, 0.2) is 0 Å². The minimum absolute atomic E-state index is 1.02. The van der Waals surface area contributed by atoms with Crippen molar-refractivity contribution in [2.75, 3.05) is 0 Å². The lowest BCUT2D eigenvalue weighted by Gasteiger charge is -2.17. The maximum absolute atomic E-state index is 10.4. The SMILES string of the molecule is C=C(C(=O)O)C(S)(C(=O)O)C(=O)O. The molecule has 72 valence electrons. The Kier molecular flexibility index (Phi) is 3.08. The Hall–Kier alpha value is -1.50. The third-order valence-corrected chi connectivity index (χ3v) is 1.97. The Bertz CT molecular complexity index is 279. The van der Waals surface area contributed by atoms with Gasteiger partial charge in [-0.2, -0.15) is 0 Å². The summed E-state index contributed by atoms with van der Waals surface area (Å²) in [7, 11) is 0. The van der Waals surface area contributed by atoms with Crippen LogP contribution in [0.5, 0.6) is 0 Å². The zero-order chi connectivity index (χ0) is 10.8. The van der Waals surface area contributed by atoms with Gasteiger partial charge in [0.1, 0.15) is 0 Å². The molecule has 0 aromatic carbocycles. The Labute approximate surface area is 77.9 Å². The van der Waals surface area contributed by atoms with Crippen molar-refractivity contribution in [1.29, 1.82) is 0 Å². The lowest BCUT2D eigenvalue weighted by molar-refractivity contribution is -0.152. The number of rotatable bonds is 4. The van der Waals surface area contributed by atoms with Crippen LogP contribution in [0.15, 0.2) is 12.2 Å². The van der Waals surface area contributed by atoms with Crippen LogP contribution in [0.2, 0.25) is 0 Å². The normalized spacial score (nSPS) is 10.5. The van der Waals surface area contributed by atoms with Crippen LogP contribution in [0.4, 0.5) is 0 Å². The van der Waals surface area contributed by atoms with Gasteiger partial charge in [0.05, 0.1) is 5.57 Å². The predicted molar refractivity (Wildman–Crippen MR) is 43.8 cm³/mol. The van der Waals surface area contributed by atoms with Gasteiger partial charge in [0.2, 0.25) is 4.75 Å². The summed E-state index contributed by atoms with van der Waals surface area (Å²) in [5.41, 5.74) is -1.02. The molecule has 0 fully saturated rings. The van der Waals surface area contributed by atoms with Gasteiger partial charge in [-0.15, -0.1) is 12.6 Å². The number of carboxylic acids is 3. The van der Waals surface area contributed by atoms with E-state index in [0.717, 1.165) is 0 Å². The van der Waals surface area contributed by atoms with Gasteiger partial charge in [0, 0.05) is 0 Å². The maximum Gasteiger partial charge on any atom is 0.336 e. The molecule has 7 heteroatoms. The molecule has 0 unspecified atom stereocenters. The van der Waals surface area contributed by atoms with Crippen molar-refractivity contribution in [2.24, 2.45) is 0 Å². The first-order valence-electron chi connectivity index (χ1n) is 2.86. The summed E-state index contributed by atoms with van der Waals surface area (Å²) in [4.78, 5) is 31.1. The molecule has 0 heterocycles. The van der Waals surface area contributed by atoms with Crippen LogP contribution in [-0.4, -0.2) is 38.0 Å². The van der Waals surface area contributed by atoms with Crippen LogP contribution in [0.1, 0.15) is 0 Å². The zero-order valence-electron chi connectivity index (χ0n) is 6.22. The average molecular weight is 206 g/mol. The summed E-state index contributed by atoms with van der Waals surface area (Å²) in [5, 5.41) is 25.2. The van der Waals surface area contributed by atoms with E-state index in [1.807, 2.05) is 0 Å². The smallest absolute Gasteiger partial charge is 0.336 e. The van der Waals surface area contributed by atoms with Crippen molar-refractivity contribution >= 4 is 30.5 Å². The Balaban J connectivity index is 5.27. The van der Waals surface area contributed by atoms with E-state index in [-0.39, 0.29) is 0 Å². The average Bonchev–Trinajstić information content (AvgIpc) is 2.00. The molecule has 0 saturated heterocycles. The molecule has 0 bridgehead atoms. The predicted octanol–water partition coefficient (Wildman–Crippen LogP) is -0.535. The molecule has 0 aliphatic rings. The summed E-state index contributed by atoms with van der Waals surface area (Å²) in [6.07, 6.45) is 0.